The molecule has 1 heterocycles. The van der Waals surface area contributed by atoms with Gasteiger partial charge < -0.3 is 14.4 Å². The highest BCUT2D eigenvalue weighted by molar-refractivity contribution is 5.94. The van der Waals surface area contributed by atoms with Crippen LogP contribution in [0.1, 0.15) is 57.4 Å². The lowest BCUT2D eigenvalue weighted by Gasteiger charge is -2.30. The Morgan fingerprint density at radius 1 is 1.21 bits per heavy atom. The zero-order valence-corrected chi connectivity index (χ0v) is 17.0. The van der Waals surface area contributed by atoms with Crippen LogP contribution >= 0.6 is 0 Å². The van der Waals surface area contributed by atoms with Crippen LogP contribution in [0.3, 0.4) is 0 Å². The highest BCUT2D eigenvalue weighted by atomic mass is 16.5. The molecule has 0 radical (unpaired) electrons. The number of nitrogens with zero attached hydrogens (tertiary/aromatic N) is 1. The van der Waals surface area contributed by atoms with Gasteiger partial charge in [0.1, 0.15) is 17.6 Å². The van der Waals surface area contributed by atoms with Crippen molar-refractivity contribution in [2.75, 3.05) is 13.7 Å². The third kappa shape index (κ3) is 4.94. The fraction of sp³-hybridized carbons (Fsp3) is 0.565. The van der Waals surface area contributed by atoms with E-state index < -0.39 is 6.04 Å². The average molecular weight is 386 g/mol. The van der Waals surface area contributed by atoms with Gasteiger partial charge in [-0.25, -0.2) is 4.79 Å². The van der Waals surface area contributed by atoms with E-state index in [1.54, 1.807) is 4.90 Å². The fourth-order valence-electron chi connectivity index (χ4n) is 4.28. The van der Waals surface area contributed by atoms with Crippen LogP contribution in [0, 0.1) is 5.92 Å². The molecule has 0 spiro atoms. The molecule has 1 amide bonds. The first kappa shape index (κ1) is 20.4. The van der Waals surface area contributed by atoms with Gasteiger partial charge >= 0.3 is 5.97 Å². The number of hydrogen-bond donors (Lipinski definition) is 0. The lowest BCUT2D eigenvalue weighted by Crippen LogP contribution is -2.44. The predicted octanol–water partition coefficient (Wildman–Crippen LogP) is 4.26. The topological polar surface area (TPSA) is 55.8 Å². The van der Waals surface area contributed by atoms with E-state index in [1.807, 2.05) is 24.3 Å². The Kier molecular flexibility index (Phi) is 7.12. The fourth-order valence-corrected chi connectivity index (χ4v) is 4.28. The molecule has 152 valence electrons. The number of benzene rings is 1. The number of rotatable bonds is 8. The van der Waals surface area contributed by atoms with Gasteiger partial charge in [-0.3, -0.25) is 4.79 Å². The summed E-state index contributed by atoms with van der Waals surface area (Å²) in [6, 6.07) is 7.37. The van der Waals surface area contributed by atoms with Crippen molar-refractivity contribution < 1.29 is 19.1 Å². The minimum atomic E-state index is -0.538. The molecule has 0 bridgehead atoms. The number of amides is 1. The minimum Gasteiger partial charge on any atom is -0.467 e. The van der Waals surface area contributed by atoms with Crippen LogP contribution in [0.2, 0.25) is 0 Å². The normalized spacial score (nSPS) is 18.7. The number of hydrogen-bond acceptors (Lipinski definition) is 4. The highest BCUT2D eigenvalue weighted by Gasteiger charge is 2.36. The number of aryl methyl sites for hydroxylation is 1. The Bertz CT molecular complexity index is 721. The molecule has 1 aromatic carbocycles. The summed E-state index contributed by atoms with van der Waals surface area (Å²) in [5.74, 6) is 1.34. The molecule has 5 heteroatoms. The van der Waals surface area contributed by atoms with Crippen molar-refractivity contribution in [3.8, 4) is 5.75 Å². The van der Waals surface area contributed by atoms with E-state index >= 15 is 0 Å². The maximum absolute atomic E-state index is 12.7. The first-order chi connectivity index (χ1) is 13.6. The monoisotopic (exact) mass is 385 g/mol. The van der Waals surface area contributed by atoms with Gasteiger partial charge in [0.2, 0.25) is 0 Å². The Morgan fingerprint density at radius 3 is 2.68 bits per heavy atom. The van der Waals surface area contributed by atoms with Gasteiger partial charge in [0.05, 0.1) is 13.7 Å². The molecule has 0 saturated heterocycles. The third-order valence-electron chi connectivity index (χ3n) is 5.76. The van der Waals surface area contributed by atoms with Crippen LogP contribution in [0.15, 0.2) is 36.1 Å². The van der Waals surface area contributed by atoms with Crippen LogP contribution < -0.4 is 4.74 Å². The Labute approximate surface area is 167 Å². The van der Waals surface area contributed by atoms with Crippen molar-refractivity contribution in [2.24, 2.45) is 5.92 Å². The molecule has 0 N–H and O–H groups in total. The van der Waals surface area contributed by atoms with Crippen molar-refractivity contribution in [2.45, 2.75) is 64.3 Å². The number of esters is 1. The Hall–Kier alpha value is -2.30. The molecule has 1 aliphatic carbocycles. The molecule has 3 rings (SSSR count). The van der Waals surface area contributed by atoms with Crippen molar-refractivity contribution in [1.82, 2.24) is 4.90 Å². The zero-order valence-electron chi connectivity index (χ0n) is 17.0. The van der Waals surface area contributed by atoms with E-state index in [-0.39, 0.29) is 11.9 Å². The summed E-state index contributed by atoms with van der Waals surface area (Å²) in [5.41, 5.74) is 1.13. The largest absolute Gasteiger partial charge is 0.467 e. The molecular weight excluding hydrogens is 354 g/mol. The van der Waals surface area contributed by atoms with Gasteiger partial charge in [-0.2, -0.15) is 0 Å². The summed E-state index contributed by atoms with van der Waals surface area (Å²) in [4.78, 5) is 26.7. The maximum atomic E-state index is 12.7. The molecular formula is C23H31NO4. The molecule has 28 heavy (non-hydrogen) atoms. The van der Waals surface area contributed by atoms with Gasteiger partial charge in [0.15, 0.2) is 0 Å². The number of carbonyl (C=O) groups is 2. The molecule has 1 aromatic rings. The number of ether oxygens (including phenoxy) is 2. The second-order valence-electron chi connectivity index (χ2n) is 7.82. The van der Waals surface area contributed by atoms with Crippen molar-refractivity contribution >= 4 is 11.9 Å². The number of methoxy groups -OCH3 is 1. The lowest BCUT2D eigenvalue weighted by molar-refractivity contribution is -0.151. The summed E-state index contributed by atoms with van der Waals surface area (Å²) < 4.78 is 11.1. The minimum absolute atomic E-state index is 0.172. The second-order valence-corrected chi connectivity index (χ2v) is 7.82. The first-order valence-electron chi connectivity index (χ1n) is 10.5. The molecule has 0 unspecified atom stereocenters. The van der Waals surface area contributed by atoms with E-state index in [1.165, 1.54) is 32.4 Å². The number of para-hydroxylation sites is 1. The van der Waals surface area contributed by atoms with Gasteiger partial charge in [-0.1, -0.05) is 63.6 Å². The molecule has 2 aliphatic rings. The predicted molar refractivity (Wildman–Crippen MR) is 108 cm³/mol. The average Bonchev–Trinajstić information content (AvgIpc) is 3.08. The van der Waals surface area contributed by atoms with E-state index in [9.17, 15) is 9.59 Å². The standard InChI is InChI=1S/C23H31NO4/c1-3-9-18-12-7-8-13-21(18)28-19-15-22(25)24(16-19)20(23(26)27-2)14-17-10-5-4-6-11-17/h7-8,12-13,15,17,20H,3-6,9-11,14,16H2,1-2H3/t20-/m0/s1. The van der Waals surface area contributed by atoms with Crippen molar-refractivity contribution in [3.05, 3.63) is 41.7 Å². The van der Waals surface area contributed by atoms with Crippen LogP contribution in [-0.4, -0.2) is 36.5 Å². The molecule has 5 nitrogen and oxygen atoms in total. The van der Waals surface area contributed by atoms with E-state index in [2.05, 4.69) is 6.92 Å². The van der Waals surface area contributed by atoms with Gasteiger partial charge in [-0.05, 0) is 30.4 Å². The highest BCUT2D eigenvalue weighted by Crippen LogP contribution is 2.31. The van der Waals surface area contributed by atoms with Crippen LogP contribution in [0.5, 0.6) is 5.75 Å². The van der Waals surface area contributed by atoms with Crippen LogP contribution in [0.25, 0.3) is 0 Å². The second kappa shape index (κ2) is 9.76. The molecule has 1 fully saturated rings. The van der Waals surface area contributed by atoms with E-state index in [4.69, 9.17) is 9.47 Å². The van der Waals surface area contributed by atoms with Crippen LogP contribution in [-0.2, 0) is 20.7 Å². The summed E-state index contributed by atoms with van der Waals surface area (Å²) in [6.45, 7) is 2.44. The summed E-state index contributed by atoms with van der Waals surface area (Å²) in [5, 5.41) is 0. The summed E-state index contributed by atoms with van der Waals surface area (Å²) in [7, 11) is 1.39. The molecule has 1 aliphatic heterocycles. The smallest absolute Gasteiger partial charge is 0.328 e. The summed E-state index contributed by atoms with van der Waals surface area (Å²) >= 11 is 0. The zero-order chi connectivity index (χ0) is 19.9. The maximum Gasteiger partial charge on any atom is 0.328 e. The Balaban J connectivity index is 1.69. The Morgan fingerprint density at radius 2 is 1.96 bits per heavy atom. The van der Waals surface area contributed by atoms with E-state index in [0.29, 0.717) is 24.6 Å². The van der Waals surface area contributed by atoms with Crippen molar-refractivity contribution in [3.63, 3.8) is 0 Å². The molecule has 0 aromatic heterocycles. The van der Waals surface area contributed by atoms with E-state index in [0.717, 1.165) is 37.0 Å². The molecule has 1 atom stereocenters. The quantitative estimate of drug-likeness (QED) is 0.628. The SMILES string of the molecule is CCCc1ccccc1OC1=CC(=O)N([C@@H](CC2CCCCC2)C(=O)OC)C1. The van der Waals surface area contributed by atoms with Crippen LogP contribution in [0.4, 0.5) is 0 Å². The van der Waals surface area contributed by atoms with Gasteiger partial charge in [-0.15, -0.1) is 0 Å². The van der Waals surface area contributed by atoms with Gasteiger partial charge in [0.25, 0.3) is 5.91 Å². The summed E-state index contributed by atoms with van der Waals surface area (Å²) in [6.07, 6.45) is 10.0. The first-order valence-corrected chi connectivity index (χ1v) is 10.5. The lowest BCUT2D eigenvalue weighted by atomic mass is 9.84. The van der Waals surface area contributed by atoms with Gasteiger partial charge in [0, 0.05) is 6.08 Å². The van der Waals surface area contributed by atoms with Crippen molar-refractivity contribution in [1.29, 1.82) is 0 Å². The molecule has 1 saturated carbocycles. The number of carbonyl (C=O) groups excluding carboxylic acids is 2. The third-order valence-corrected chi connectivity index (χ3v) is 5.76.